The zero-order valence-electron chi connectivity index (χ0n) is 15.5. The number of rotatable bonds is 6. The van der Waals surface area contributed by atoms with Crippen molar-refractivity contribution in [3.63, 3.8) is 0 Å². The van der Waals surface area contributed by atoms with Crippen molar-refractivity contribution in [3.05, 3.63) is 11.3 Å². The Labute approximate surface area is 152 Å². The van der Waals surface area contributed by atoms with Gasteiger partial charge < -0.3 is 19.9 Å². The summed E-state index contributed by atoms with van der Waals surface area (Å²) in [5, 5.41) is 3.57. The van der Waals surface area contributed by atoms with Crippen LogP contribution in [0.25, 0.3) is 0 Å². The highest BCUT2D eigenvalue weighted by Crippen LogP contribution is 2.25. The number of likely N-dealkylation sites (N-methyl/N-ethyl adjacent to an activating group) is 1. The van der Waals surface area contributed by atoms with Gasteiger partial charge in [-0.3, -0.25) is 4.21 Å². The molecule has 0 spiro atoms. The van der Waals surface area contributed by atoms with E-state index in [4.69, 9.17) is 14.7 Å². The van der Waals surface area contributed by atoms with E-state index in [9.17, 15) is 4.21 Å². The van der Waals surface area contributed by atoms with Crippen LogP contribution in [-0.2, 0) is 28.6 Å². The second kappa shape index (κ2) is 8.42. The summed E-state index contributed by atoms with van der Waals surface area (Å²) in [5.41, 5.74) is 2.14. The first-order valence-corrected chi connectivity index (χ1v) is 10.4. The summed E-state index contributed by atoms with van der Waals surface area (Å²) in [4.78, 5) is 14.2. The number of hydrogen-bond acceptors (Lipinski definition) is 7. The van der Waals surface area contributed by atoms with Crippen molar-refractivity contribution in [2.24, 2.45) is 0 Å². The molecule has 0 bridgehead atoms. The number of piperazine rings is 1. The topological polar surface area (TPSA) is 70.6 Å². The lowest BCUT2D eigenvalue weighted by Gasteiger charge is -2.33. The molecule has 0 saturated carbocycles. The van der Waals surface area contributed by atoms with Crippen LogP contribution in [0.4, 0.5) is 11.8 Å². The normalized spacial score (nSPS) is 19.8. The Morgan fingerprint density at radius 1 is 1.24 bits per heavy atom. The molecule has 0 aromatic carbocycles. The van der Waals surface area contributed by atoms with Crippen molar-refractivity contribution in [1.82, 2.24) is 14.9 Å². The molecule has 3 heterocycles. The minimum Gasteiger partial charge on any atom is -0.376 e. The summed E-state index contributed by atoms with van der Waals surface area (Å²) in [6.07, 6.45) is 0.825. The van der Waals surface area contributed by atoms with Gasteiger partial charge >= 0.3 is 0 Å². The van der Waals surface area contributed by atoms with Gasteiger partial charge in [0.05, 0.1) is 18.9 Å². The van der Waals surface area contributed by atoms with Crippen molar-refractivity contribution >= 4 is 22.6 Å². The van der Waals surface area contributed by atoms with E-state index in [-0.39, 0.29) is 5.25 Å². The van der Waals surface area contributed by atoms with Crippen molar-refractivity contribution < 1.29 is 8.95 Å². The zero-order chi connectivity index (χ0) is 17.8. The fourth-order valence-corrected chi connectivity index (χ4v) is 3.79. The van der Waals surface area contributed by atoms with E-state index in [0.29, 0.717) is 25.5 Å². The van der Waals surface area contributed by atoms with Crippen molar-refractivity contribution in [2.75, 3.05) is 62.3 Å². The Hall–Kier alpha value is -1.25. The standard InChI is InChI=1S/C17H29N5O2S/c1-13(2)25(23)11-5-18-16-14-12-24-10-4-15(14)19-17(20-16)22-8-6-21(3)7-9-22/h13H,4-12H2,1-3H3,(H,18,19,20). The molecule has 1 atom stereocenters. The van der Waals surface area contributed by atoms with Gasteiger partial charge in [-0.25, -0.2) is 4.98 Å². The fourth-order valence-electron chi connectivity index (χ4n) is 3.02. The number of nitrogens with zero attached hydrogens (tertiary/aromatic N) is 4. The van der Waals surface area contributed by atoms with Crippen LogP contribution in [0.3, 0.4) is 0 Å². The molecule has 140 valence electrons. The minimum atomic E-state index is -0.814. The second-order valence-corrected chi connectivity index (χ2v) is 9.06. The van der Waals surface area contributed by atoms with Gasteiger partial charge in [0.15, 0.2) is 0 Å². The van der Waals surface area contributed by atoms with Crippen molar-refractivity contribution in [1.29, 1.82) is 0 Å². The minimum absolute atomic E-state index is 0.186. The summed E-state index contributed by atoms with van der Waals surface area (Å²) in [6, 6.07) is 0. The lowest BCUT2D eigenvalue weighted by molar-refractivity contribution is 0.109. The highest BCUT2D eigenvalue weighted by Gasteiger charge is 2.22. The molecule has 0 amide bonds. The van der Waals surface area contributed by atoms with Crippen LogP contribution in [0, 0.1) is 0 Å². The SMILES string of the molecule is CC(C)S(=O)CCNc1nc(N2CCN(C)CC2)nc2c1COCC2. The first-order valence-electron chi connectivity index (χ1n) is 9.06. The molecule has 3 rings (SSSR count). The zero-order valence-corrected chi connectivity index (χ0v) is 16.3. The first kappa shape index (κ1) is 18.5. The van der Waals surface area contributed by atoms with Gasteiger partial charge in [0.2, 0.25) is 5.95 Å². The molecule has 25 heavy (non-hydrogen) atoms. The third-order valence-corrected chi connectivity index (χ3v) is 6.38. The predicted octanol–water partition coefficient (Wildman–Crippen LogP) is 0.870. The monoisotopic (exact) mass is 367 g/mol. The molecule has 7 nitrogen and oxygen atoms in total. The van der Waals surface area contributed by atoms with Gasteiger partial charge in [-0.05, 0) is 7.05 Å². The fraction of sp³-hybridized carbons (Fsp3) is 0.765. The quantitative estimate of drug-likeness (QED) is 0.800. The van der Waals surface area contributed by atoms with E-state index in [2.05, 4.69) is 22.2 Å². The molecule has 2 aliphatic heterocycles. The van der Waals surface area contributed by atoms with Crippen LogP contribution < -0.4 is 10.2 Å². The number of anilines is 2. The number of ether oxygens (including phenoxy) is 1. The Kier molecular flexibility index (Phi) is 6.24. The van der Waals surface area contributed by atoms with Crippen LogP contribution in [0.1, 0.15) is 25.1 Å². The third kappa shape index (κ3) is 4.68. The van der Waals surface area contributed by atoms with Crippen molar-refractivity contribution in [2.45, 2.75) is 32.1 Å². The van der Waals surface area contributed by atoms with Gasteiger partial charge in [-0.1, -0.05) is 13.8 Å². The lowest BCUT2D eigenvalue weighted by atomic mass is 10.1. The molecule has 1 saturated heterocycles. The van der Waals surface area contributed by atoms with Gasteiger partial charge in [-0.2, -0.15) is 4.98 Å². The molecule has 1 aromatic rings. The van der Waals surface area contributed by atoms with E-state index >= 15 is 0 Å². The molecule has 0 radical (unpaired) electrons. The van der Waals surface area contributed by atoms with Crippen LogP contribution >= 0.6 is 0 Å². The number of fused-ring (bicyclic) bond motifs is 1. The summed E-state index contributed by atoms with van der Waals surface area (Å²) >= 11 is 0. The van der Waals surface area contributed by atoms with Crippen LogP contribution in [0.5, 0.6) is 0 Å². The van der Waals surface area contributed by atoms with Crippen molar-refractivity contribution in [3.8, 4) is 0 Å². The molecule has 2 aliphatic rings. The van der Waals surface area contributed by atoms with Gasteiger partial charge in [0.1, 0.15) is 5.82 Å². The maximum Gasteiger partial charge on any atom is 0.227 e. The third-order valence-electron chi connectivity index (χ3n) is 4.72. The van der Waals surface area contributed by atoms with Crippen LogP contribution in [0.15, 0.2) is 0 Å². The Bertz CT molecular complexity index is 617. The summed E-state index contributed by atoms with van der Waals surface area (Å²) in [6.45, 7) is 9.84. The number of aromatic nitrogens is 2. The molecular formula is C17H29N5O2S. The van der Waals surface area contributed by atoms with Crippen LogP contribution in [-0.4, -0.2) is 76.5 Å². The second-order valence-electron chi connectivity index (χ2n) is 6.95. The van der Waals surface area contributed by atoms with Gasteiger partial charge in [-0.15, -0.1) is 0 Å². The van der Waals surface area contributed by atoms with Crippen LogP contribution in [0.2, 0.25) is 0 Å². The largest absolute Gasteiger partial charge is 0.376 e. The van der Waals surface area contributed by atoms with Gasteiger partial charge in [0, 0.05) is 66.5 Å². The Balaban J connectivity index is 1.75. The van der Waals surface area contributed by atoms with E-state index in [1.165, 1.54) is 0 Å². The summed E-state index contributed by atoms with van der Waals surface area (Å²) in [7, 11) is 1.33. The smallest absolute Gasteiger partial charge is 0.227 e. The van der Waals surface area contributed by atoms with E-state index < -0.39 is 10.8 Å². The van der Waals surface area contributed by atoms with E-state index in [0.717, 1.165) is 55.6 Å². The average Bonchev–Trinajstić information content (AvgIpc) is 2.62. The molecule has 1 aromatic heterocycles. The predicted molar refractivity (Wildman–Crippen MR) is 102 cm³/mol. The molecule has 1 fully saturated rings. The summed E-state index contributed by atoms with van der Waals surface area (Å²) in [5.74, 6) is 2.28. The summed E-state index contributed by atoms with van der Waals surface area (Å²) < 4.78 is 17.6. The average molecular weight is 368 g/mol. The van der Waals surface area contributed by atoms with E-state index in [1.807, 2.05) is 13.8 Å². The van der Waals surface area contributed by atoms with E-state index in [1.54, 1.807) is 0 Å². The first-order chi connectivity index (χ1) is 12.0. The highest BCUT2D eigenvalue weighted by atomic mass is 32.2. The molecule has 1 unspecified atom stereocenters. The molecule has 1 N–H and O–H groups in total. The van der Waals surface area contributed by atoms with Gasteiger partial charge in [0.25, 0.3) is 0 Å². The molecule has 0 aliphatic carbocycles. The maximum absolute atomic E-state index is 12.0. The number of nitrogens with one attached hydrogen (secondary N) is 1. The highest BCUT2D eigenvalue weighted by molar-refractivity contribution is 7.85. The Morgan fingerprint density at radius 2 is 2.00 bits per heavy atom. The Morgan fingerprint density at radius 3 is 2.72 bits per heavy atom. The lowest BCUT2D eigenvalue weighted by Crippen LogP contribution is -2.45. The molecule has 8 heteroatoms. The number of hydrogen-bond donors (Lipinski definition) is 1. The molecular weight excluding hydrogens is 338 g/mol. The maximum atomic E-state index is 12.0.